The highest BCUT2D eigenvalue weighted by molar-refractivity contribution is 7.94. The van der Waals surface area contributed by atoms with Crippen LogP contribution in [0.1, 0.15) is 6.92 Å². The van der Waals surface area contributed by atoms with Gasteiger partial charge in [-0.2, -0.15) is 13.2 Å². The molecule has 1 fully saturated rings. The van der Waals surface area contributed by atoms with Crippen LogP contribution in [0.25, 0.3) is 0 Å². The van der Waals surface area contributed by atoms with E-state index in [9.17, 15) is 39.6 Å². The Balaban J connectivity index is 1.75. The molecule has 0 radical (unpaired) electrons. The second-order valence-electron chi connectivity index (χ2n) is 6.91. The number of alkyl halides is 3. The minimum Gasteiger partial charge on any atom is -0.318 e. The lowest BCUT2D eigenvalue weighted by Crippen LogP contribution is -2.30. The maximum absolute atomic E-state index is 12.5. The van der Waals surface area contributed by atoms with Gasteiger partial charge in [0.15, 0.2) is 0 Å². The molecule has 3 rings (SSSR count). The SMILES string of the molecule is C[C@H]1CS(=O)(=O)N(c2ccc(S(=O)(=O)Nc3ccc(NC(=O)C(F)(F)F)cc3)cc2)C1=O. The summed E-state index contributed by atoms with van der Waals surface area (Å²) in [4.78, 5) is 22.8. The van der Waals surface area contributed by atoms with E-state index in [1.165, 1.54) is 19.1 Å². The van der Waals surface area contributed by atoms with Crippen molar-refractivity contribution in [2.24, 2.45) is 5.92 Å². The number of nitrogens with one attached hydrogen (secondary N) is 2. The van der Waals surface area contributed by atoms with Crippen molar-refractivity contribution in [3.8, 4) is 0 Å². The van der Waals surface area contributed by atoms with Gasteiger partial charge in [0.05, 0.1) is 22.3 Å². The topological polar surface area (TPSA) is 130 Å². The van der Waals surface area contributed by atoms with Crippen LogP contribution in [0.15, 0.2) is 53.4 Å². The molecule has 0 bridgehead atoms. The zero-order valence-corrected chi connectivity index (χ0v) is 17.9. The summed E-state index contributed by atoms with van der Waals surface area (Å²) < 4.78 is 89.0. The van der Waals surface area contributed by atoms with Crippen LogP contribution in [-0.4, -0.2) is 40.6 Å². The summed E-state index contributed by atoms with van der Waals surface area (Å²) in [7, 11) is -7.98. The van der Waals surface area contributed by atoms with Gasteiger partial charge in [0.2, 0.25) is 15.9 Å². The largest absolute Gasteiger partial charge is 0.471 e. The van der Waals surface area contributed by atoms with Crippen LogP contribution >= 0.6 is 0 Å². The third kappa shape index (κ3) is 4.85. The molecule has 2 aromatic carbocycles. The molecular formula is C18H16F3N3O6S2. The molecule has 1 aliphatic heterocycles. The highest BCUT2D eigenvalue weighted by atomic mass is 32.2. The highest BCUT2D eigenvalue weighted by Gasteiger charge is 2.42. The van der Waals surface area contributed by atoms with E-state index in [-0.39, 0.29) is 27.7 Å². The molecule has 2 amide bonds. The Morgan fingerprint density at radius 3 is 2.03 bits per heavy atom. The fourth-order valence-electron chi connectivity index (χ4n) is 2.89. The second kappa shape index (κ2) is 8.09. The molecule has 2 aromatic rings. The average molecular weight is 491 g/mol. The van der Waals surface area contributed by atoms with Gasteiger partial charge >= 0.3 is 12.1 Å². The molecule has 9 nitrogen and oxygen atoms in total. The molecule has 0 aromatic heterocycles. The Bertz CT molecular complexity index is 1260. The lowest BCUT2D eigenvalue weighted by Gasteiger charge is -2.16. The van der Waals surface area contributed by atoms with E-state index >= 15 is 0 Å². The maximum Gasteiger partial charge on any atom is 0.471 e. The quantitative estimate of drug-likeness (QED) is 0.660. The van der Waals surface area contributed by atoms with Gasteiger partial charge in [-0.05, 0) is 48.5 Å². The number of sulfonamides is 2. The molecule has 0 unspecified atom stereocenters. The molecule has 0 saturated carbocycles. The Labute approximate surface area is 181 Å². The summed E-state index contributed by atoms with van der Waals surface area (Å²) in [6.07, 6.45) is -5.07. The number of benzene rings is 2. The Hall–Kier alpha value is -3.13. The first kappa shape index (κ1) is 23.5. The first-order valence-corrected chi connectivity index (χ1v) is 12.0. The van der Waals surface area contributed by atoms with Gasteiger partial charge in [-0.25, -0.2) is 21.1 Å². The van der Waals surface area contributed by atoms with Gasteiger partial charge < -0.3 is 5.32 Å². The van der Waals surface area contributed by atoms with Crippen LogP contribution in [0, 0.1) is 5.92 Å². The third-order valence-electron chi connectivity index (χ3n) is 4.39. The van der Waals surface area contributed by atoms with E-state index in [1.54, 1.807) is 5.32 Å². The first-order chi connectivity index (χ1) is 14.7. The van der Waals surface area contributed by atoms with E-state index in [0.717, 1.165) is 36.4 Å². The summed E-state index contributed by atoms with van der Waals surface area (Å²) in [5, 5.41) is 1.63. The second-order valence-corrected chi connectivity index (χ2v) is 10.5. The van der Waals surface area contributed by atoms with Crippen molar-refractivity contribution in [1.82, 2.24) is 0 Å². The summed E-state index contributed by atoms with van der Waals surface area (Å²) >= 11 is 0. The van der Waals surface area contributed by atoms with Gasteiger partial charge in [0.1, 0.15) is 0 Å². The standard InChI is InChI=1S/C18H16F3N3O6S2/c1-11-10-31(27,28)24(16(11)25)14-6-8-15(9-7-14)32(29,30)23-13-4-2-12(3-5-13)22-17(26)18(19,20)21/h2-9,11,23H,10H2,1H3,(H,22,26)/t11-/m0/s1. The first-order valence-electron chi connectivity index (χ1n) is 8.89. The summed E-state index contributed by atoms with van der Waals surface area (Å²) in [6, 6.07) is 9.03. The number of rotatable bonds is 5. The zero-order chi connectivity index (χ0) is 23.9. The van der Waals surface area contributed by atoms with Gasteiger partial charge in [-0.3, -0.25) is 14.3 Å². The number of nitrogens with zero attached hydrogens (tertiary/aromatic N) is 1. The van der Waals surface area contributed by atoms with Crippen molar-refractivity contribution in [1.29, 1.82) is 0 Å². The van der Waals surface area contributed by atoms with E-state index in [2.05, 4.69) is 4.72 Å². The minimum absolute atomic E-state index is 0.00283. The predicted octanol–water partition coefficient (Wildman–Crippen LogP) is 2.30. The molecule has 1 aliphatic rings. The molecule has 1 atom stereocenters. The molecule has 1 saturated heterocycles. The lowest BCUT2D eigenvalue weighted by molar-refractivity contribution is -0.167. The fourth-order valence-corrected chi connectivity index (χ4v) is 5.76. The van der Waals surface area contributed by atoms with Crippen LogP contribution in [0.2, 0.25) is 0 Å². The summed E-state index contributed by atoms with van der Waals surface area (Å²) in [5.41, 5.74) is -0.182. The molecule has 2 N–H and O–H groups in total. The molecule has 0 aliphatic carbocycles. The molecule has 0 spiro atoms. The Morgan fingerprint density at radius 2 is 1.56 bits per heavy atom. The lowest BCUT2D eigenvalue weighted by atomic mass is 10.2. The van der Waals surface area contributed by atoms with Crippen LogP contribution in [0.5, 0.6) is 0 Å². The van der Waals surface area contributed by atoms with Crippen molar-refractivity contribution in [3.05, 3.63) is 48.5 Å². The fraction of sp³-hybridized carbons (Fsp3) is 0.222. The van der Waals surface area contributed by atoms with Crippen molar-refractivity contribution in [3.63, 3.8) is 0 Å². The highest BCUT2D eigenvalue weighted by Crippen LogP contribution is 2.29. The van der Waals surface area contributed by atoms with Crippen LogP contribution in [0.3, 0.4) is 0 Å². The number of carbonyl (C=O) groups is 2. The van der Waals surface area contributed by atoms with Crippen LogP contribution in [0.4, 0.5) is 30.2 Å². The smallest absolute Gasteiger partial charge is 0.318 e. The van der Waals surface area contributed by atoms with Gasteiger partial charge in [-0.15, -0.1) is 0 Å². The molecule has 172 valence electrons. The van der Waals surface area contributed by atoms with Gasteiger partial charge in [-0.1, -0.05) is 6.92 Å². The molecular weight excluding hydrogens is 475 g/mol. The van der Waals surface area contributed by atoms with E-state index < -0.39 is 44.0 Å². The molecule has 32 heavy (non-hydrogen) atoms. The maximum atomic E-state index is 12.5. The van der Waals surface area contributed by atoms with E-state index in [4.69, 9.17) is 0 Å². The van der Waals surface area contributed by atoms with Gasteiger partial charge in [0, 0.05) is 11.4 Å². The number of carbonyl (C=O) groups excluding carboxylic acids is 2. The van der Waals surface area contributed by atoms with E-state index in [0.29, 0.717) is 4.31 Å². The van der Waals surface area contributed by atoms with Crippen molar-refractivity contribution >= 4 is 48.9 Å². The molecule has 1 heterocycles. The number of halogens is 3. The number of hydrogen-bond donors (Lipinski definition) is 2. The molecule has 14 heteroatoms. The average Bonchev–Trinajstić information content (AvgIpc) is 2.89. The normalized spacial score (nSPS) is 18.4. The number of hydrogen-bond acceptors (Lipinski definition) is 6. The number of amides is 2. The Morgan fingerprint density at radius 1 is 1.03 bits per heavy atom. The number of anilines is 3. The van der Waals surface area contributed by atoms with Crippen LogP contribution in [-0.2, 0) is 29.6 Å². The monoisotopic (exact) mass is 491 g/mol. The van der Waals surface area contributed by atoms with E-state index in [1.807, 2.05) is 0 Å². The summed E-state index contributed by atoms with van der Waals surface area (Å²) in [5.74, 6) is -3.84. The van der Waals surface area contributed by atoms with Gasteiger partial charge in [0.25, 0.3) is 10.0 Å². The van der Waals surface area contributed by atoms with Crippen LogP contribution < -0.4 is 14.3 Å². The minimum atomic E-state index is -5.07. The predicted molar refractivity (Wildman–Crippen MR) is 109 cm³/mol. The summed E-state index contributed by atoms with van der Waals surface area (Å²) in [6.45, 7) is 1.47. The van der Waals surface area contributed by atoms with Crippen molar-refractivity contribution in [2.75, 3.05) is 20.1 Å². The van der Waals surface area contributed by atoms with Crippen molar-refractivity contribution < 1.29 is 39.6 Å². The van der Waals surface area contributed by atoms with Crippen molar-refractivity contribution in [2.45, 2.75) is 18.0 Å². The zero-order valence-electron chi connectivity index (χ0n) is 16.3. The third-order valence-corrected chi connectivity index (χ3v) is 7.66. The Kier molecular flexibility index (Phi) is 5.95.